The standard InChI is InChI=1S/C16H11N3O3/c20-19(21)14-8-4-7-13(11-14)16-18-17-15(22-16)10-9-12-5-2-1-3-6-12/h1-11H. The topological polar surface area (TPSA) is 82.1 Å². The fraction of sp³-hybridized carbons (Fsp3) is 0. The summed E-state index contributed by atoms with van der Waals surface area (Å²) < 4.78 is 5.49. The molecular formula is C16H11N3O3. The molecule has 0 aliphatic rings. The molecule has 3 rings (SSSR count). The van der Waals surface area contributed by atoms with Gasteiger partial charge in [0.1, 0.15) is 0 Å². The fourth-order valence-corrected chi connectivity index (χ4v) is 1.90. The Balaban J connectivity index is 1.83. The van der Waals surface area contributed by atoms with Crippen LogP contribution in [0.25, 0.3) is 23.6 Å². The summed E-state index contributed by atoms with van der Waals surface area (Å²) in [6.45, 7) is 0. The minimum absolute atomic E-state index is 0.0166. The van der Waals surface area contributed by atoms with Crippen molar-refractivity contribution in [1.82, 2.24) is 10.2 Å². The monoisotopic (exact) mass is 293 g/mol. The molecule has 6 nitrogen and oxygen atoms in total. The van der Waals surface area contributed by atoms with Crippen molar-refractivity contribution >= 4 is 17.8 Å². The van der Waals surface area contributed by atoms with Gasteiger partial charge in [-0.25, -0.2) is 0 Å². The van der Waals surface area contributed by atoms with Gasteiger partial charge in [-0.1, -0.05) is 36.4 Å². The number of hydrogen-bond donors (Lipinski definition) is 0. The van der Waals surface area contributed by atoms with Gasteiger partial charge in [0.2, 0.25) is 11.8 Å². The Bertz CT molecular complexity index is 825. The lowest BCUT2D eigenvalue weighted by Gasteiger charge is -1.94. The zero-order valence-corrected chi connectivity index (χ0v) is 11.4. The van der Waals surface area contributed by atoms with Crippen LogP contribution in [0.4, 0.5) is 5.69 Å². The molecule has 0 spiro atoms. The van der Waals surface area contributed by atoms with Gasteiger partial charge in [0, 0.05) is 23.8 Å². The number of aromatic nitrogens is 2. The first-order valence-electron chi connectivity index (χ1n) is 6.54. The average molecular weight is 293 g/mol. The highest BCUT2D eigenvalue weighted by molar-refractivity contribution is 5.66. The van der Waals surface area contributed by atoms with Crippen LogP contribution in [0.3, 0.4) is 0 Å². The van der Waals surface area contributed by atoms with Crippen molar-refractivity contribution < 1.29 is 9.34 Å². The molecule has 0 atom stereocenters. The molecule has 0 aliphatic heterocycles. The summed E-state index contributed by atoms with van der Waals surface area (Å²) in [5, 5.41) is 18.6. The van der Waals surface area contributed by atoms with Gasteiger partial charge in [-0.3, -0.25) is 10.1 Å². The summed E-state index contributed by atoms with van der Waals surface area (Å²) in [6, 6.07) is 15.8. The summed E-state index contributed by atoms with van der Waals surface area (Å²) in [4.78, 5) is 10.3. The van der Waals surface area contributed by atoms with Crippen molar-refractivity contribution in [2.45, 2.75) is 0 Å². The van der Waals surface area contributed by atoms with Crippen LogP contribution in [0.2, 0.25) is 0 Å². The first-order valence-corrected chi connectivity index (χ1v) is 6.54. The van der Waals surface area contributed by atoms with Crippen LogP contribution in [0.5, 0.6) is 0 Å². The number of hydrogen-bond acceptors (Lipinski definition) is 5. The fourth-order valence-electron chi connectivity index (χ4n) is 1.90. The number of nitro benzene ring substituents is 1. The molecule has 0 amide bonds. The number of benzene rings is 2. The first kappa shape index (κ1) is 13.7. The molecule has 108 valence electrons. The lowest BCUT2D eigenvalue weighted by Crippen LogP contribution is -1.88. The van der Waals surface area contributed by atoms with Crippen LogP contribution < -0.4 is 0 Å². The Morgan fingerprint density at radius 3 is 2.59 bits per heavy atom. The molecule has 0 saturated heterocycles. The van der Waals surface area contributed by atoms with E-state index in [-0.39, 0.29) is 11.6 Å². The van der Waals surface area contributed by atoms with Crippen LogP contribution in [-0.4, -0.2) is 15.1 Å². The van der Waals surface area contributed by atoms with E-state index >= 15 is 0 Å². The van der Waals surface area contributed by atoms with Gasteiger partial charge in [0.25, 0.3) is 5.69 Å². The summed E-state index contributed by atoms with van der Waals surface area (Å²) in [5.74, 6) is 0.585. The molecule has 0 N–H and O–H groups in total. The largest absolute Gasteiger partial charge is 0.417 e. The number of rotatable bonds is 4. The summed E-state index contributed by atoms with van der Waals surface area (Å²) >= 11 is 0. The smallest absolute Gasteiger partial charge is 0.270 e. The Kier molecular flexibility index (Phi) is 3.74. The van der Waals surface area contributed by atoms with Gasteiger partial charge in [-0.15, -0.1) is 10.2 Å². The molecule has 1 aromatic heterocycles. The predicted octanol–water partition coefficient (Wildman–Crippen LogP) is 3.82. The van der Waals surface area contributed by atoms with Crippen LogP contribution in [0.1, 0.15) is 11.5 Å². The summed E-state index contributed by atoms with van der Waals surface area (Å²) in [6.07, 6.45) is 3.55. The number of nitrogens with zero attached hydrogens (tertiary/aromatic N) is 3. The Labute approximate surface area is 125 Å². The second kappa shape index (κ2) is 6.01. The third kappa shape index (κ3) is 3.06. The van der Waals surface area contributed by atoms with Gasteiger partial charge in [-0.2, -0.15) is 0 Å². The Morgan fingerprint density at radius 1 is 1.00 bits per heavy atom. The van der Waals surface area contributed by atoms with Gasteiger partial charge in [0.05, 0.1) is 4.92 Å². The van der Waals surface area contributed by atoms with Crippen molar-refractivity contribution in [3.8, 4) is 11.5 Å². The van der Waals surface area contributed by atoms with Gasteiger partial charge in [-0.05, 0) is 17.7 Å². The van der Waals surface area contributed by atoms with Gasteiger partial charge >= 0.3 is 0 Å². The molecule has 1 heterocycles. The average Bonchev–Trinajstić information content (AvgIpc) is 3.03. The molecule has 0 radical (unpaired) electrons. The van der Waals surface area contributed by atoms with Crippen molar-refractivity contribution in [3.63, 3.8) is 0 Å². The first-order chi connectivity index (χ1) is 10.7. The molecule has 2 aromatic carbocycles. The van der Waals surface area contributed by atoms with Crippen LogP contribution in [-0.2, 0) is 0 Å². The van der Waals surface area contributed by atoms with Gasteiger partial charge in [0.15, 0.2) is 0 Å². The van der Waals surface area contributed by atoms with E-state index in [9.17, 15) is 10.1 Å². The van der Waals surface area contributed by atoms with E-state index < -0.39 is 4.92 Å². The maximum Gasteiger partial charge on any atom is 0.270 e. The molecule has 0 unspecified atom stereocenters. The second-order valence-corrected chi connectivity index (χ2v) is 4.50. The van der Waals surface area contributed by atoms with Crippen molar-refractivity contribution in [3.05, 3.63) is 76.2 Å². The predicted molar refractivity (Wildman–Crippen MR) is 81.8 cm³/mol. The highest BCUT2D eigenvalue weighted by Crippen LogP contribution is 2.23. The molecule has 0 bridgehead atoms. The lowest BCUT2D eigenvalue weighted by molar-refractivity contribution is -0.384. The van der Waals surface area contributed by atoms with Crippen LogP contribution in [0, 0.1) is 10.1 Å². The molecule has 22 heavy (non-hydrogen) atoms. The quantitative estimate of drug-likeness (QED) is 0.539. The third-order valence-corrected chi connectivity index (χ3v) is 2.96. The van der Waals surface area contributed by atoms with E-state index in [4.69, 9.17) is 4.42 Å². The molecule has 6 heteroatoms. The second-order valence-electron chi connectivity index (χ2n) is 4.50. The van der Waals surface area contributed by atoms with Crippen molar-refractivity contribution in [2.75, 3.05) is 0 Å². The van der Waals surface area contributed by atoms with Gasteiger partial charge < -0.3 is 4.42 Å². The Morgan fingerprint density at radius 2 is 1.82 bits per heavy atom. The van der Waals surface area contributed by atoms with Crippen LogP contribution in [0.15, 0.2) is 59.0 Å². The van der Waals surface area contributed by atoms with Crippen LogP contribution >= 0.6 is 0 Å². The van der Waals surface area contributed by atoms with E-state index in [1.54, 1.807) is 18.2 Å². The van der Waals surface area contributed by atoms with E-state index in [1.807, 2.05) is 36.4 Å². The zero-order chi connectivity index (χ0) is 15.4. The molecule has 0 saturated carbocycles. The Hall–Kier alpha value is -3.28. The third-order valence-electron chi connectivity index (χ3n) is 2.96. The minimum Gasteiger partial charge on any atom is -0.417 e. The molecular weight excluding hydrogens is 282 g/mol. The maximum absolute atomic E-state index is 10.8. The highest BCUT2D eigenvalue weighted by Gasteiger charge is 2.11. The van der Waals surface area contributed by atoms with E-state index in [2.05, 4.69) is 10.2 Å². The zero-order valence-electron chi connectivity index (χ0n) is 11.4. The van der Waals surface area contributed by atoms with E-state index in [1.165, 1.54) is 12.1 Å². The summed E-state index contributed by atoms with van der Waals surface area (Å²) in [7, 11) is 0. The van der Waals surface area contributed by atoms with E-state index in [0.717, 1.165) is 5.56 Å². The van der Waals surface area contributed by atoms with Crippen molar-refractivity contribution in [1.29, 1.82) is 0 Å². The highest BCUT2D eigenvalue weighted by atomic mass is 16.6. The minimum atomic E-state index is -0.462. The molecule has 0 fully saturated rings. The number of non-ortho nitro benzene ring substituents is 1. The van der Waals surface area contributed by atoms with Crippen molar-refractivity contribution in [2.24, 2.45) is 0 Å². The molecule has 3 aromatic rings. The van der Waals surface area contributed by atoms with E-state index in [0.29, 0.717) is 11.5 Å². The maximum atomic E-state index is 10.8. The lowest BCUT2D eigenvalue weighted by atomic mass is 10.2. The SMILES string of the molecule is O=[N+]([O-])c1cccc(-c2nnc(C=Cc3ccccc3)o2)c1. The molecule has 0 aliphatic carbocycles. The normalized spacial score (nSPS) is 10.9. The summed E-state index contributed by atoms with van der Waals surface area (Å²) in [5.41, 5.74) is 1.51. The number of nitro groups is 1.